The minimum atomic E-state index is -0.173. The molecule has 1 heterocycles. The molecule has 0 saturated carbocycles. The number of ketones is 1. The van der Waals surface area contributed by atoms with Gasteiger partial charge in [-0.2, -0.15) is 0 Å². The first-order chi connectivity index (χ1) is 6.24. The van der Waals surface area contributed by atoms with Crippen LogP contribution >= 0.6 is 0 Å². The molecule has 0 aromatic heterocycles. The molecule has 0 saturated heterocycles. The second-order valence-electron chi connectivity index (χ2n) is 3.38. The number of ether oxygens (including phenoxy) is 1. The fourth-order valence-corrected chi connectivity index (χ4v) is 1.87. The number of hydrogen-bond acceptors (Lipinski definition) is 4. The van der Waals surface area contributed by atoms with E-state index in [2.05, 4.69) is 5.16 Å². The standard InChI is InChI=1S/C9H11NO3/c1-5-8-6(11)3-2-4-7(8)13-9(5)10-12/h5,12H,2-4H2,1H3/b10-9-/t5-/m0/s1. The number of hydrogen-bond donors (Lipinski definition) is 1. The van der Waals surface area contributed by atoms with Crippen LogP contribution in [0.3, 0.4) is 0 Å². The summed E-state index contributed by atoms with van der Waals surface area (Å²) < 4.78 is 5.26. The summed E-state index contributed by atoms with van der Waals surface area (Å²) >= 11 is 0. The van der Waals surface area contributed by atoms with E-state index in [0.717, 1.165) is 12.8 Å². The monoisotopic (exact) mass is 181 g/mol. The molecule has 4 heteroatoms. The third kappa shape index (κ3) is 1.13. The molecule has 0 amide bonds. The first kappa shape index (κ1) is 8.29. The van der Waals surface area contributed by atoms with Crippen LogP contribution in [0, 0.1) is 5.92 Å². The van der Waals surface area contributed by atoms with Gasteiger partial charge >= 0.3 is 0 Å². The number of carbonyl (C=O) groups excluding carboxylic acids is 1. The Balaban J connectivity index is 2.37. The van der Waals surface area contributed by atoms with Crippen molar-refractivity contribution in [2.45, 2.75) is 26.2 Å². The van der Waals surface area contributed by atoms with Crippen molar-refractivity contribution in [1.82, 2.24) is 0 Å². The molecule has 0 spiro atoms. The molecule has 1 aliphatic heterocycles. The van der Waals surface area contributed by atoms with Crippen LogP contribution in [0.2, 0.25) is 0 Å². The van der Waals surface area contributed by atoms with Crippen LogP contribution in [0.15, 0.2) is 16.5 Å². The topological polar surface area (TPSA) is 58.9 Å². The second kappa shape index (κ2) is 2.87. The summed E-state index contributed by atoms with van der Waals surface area (Å²) in [7, 11) is 0. The fourth-order valence-electron chi connectivity index (χ4n) is 1.87. The minimum Gasteiger partial charge on any atom is -0.443 e. The Bertz CT molecular complexity index is 317. The quantitative estimate of drug-likeness (QED) is 0.454. The van der Waals surface area contributed by atoms with E-state index in [9.17, 15) is 4.79 Å². The van der Waals surface area contributed by atoms with E-state index in [4.69, 9.17) is 9.94 Å². The summed E-state index contributed by atoms with van der Waals surface area (Å²) in [6, 6.07) is 0. The van der Waals surface area contributed by atoms with Crippen molar-refractivity contribution in [3.05, 3.63) is 11.3 Å². The van der Waals surface area contributed by atoms with Crippen LogP contribution in [-0.4, -0.2) is 16.9 Å². The highest BCUT2D eigenvalue weighted by Crippen LogP contribution is 2.35. The Kier molecular flexibility index (Phi) is 1.83. The van der Waals surface area contributed by atoms with Crippen LogP contribution < -0.4 is 0 Å². The molecule has 2 aliphatic rings. The molecule has 13 heavy (non-hydrogen) atoms. The van der Waals surface area contributed by atoms with Gasteiger partial charge in [0, 0.05) is 18.4 Å². The van der Waals surface area contributed by atoms with Gasteiger partial charge in [-0.3, -0.25) is 4.79 Å². The summed E-state index contributed by atoms with van der Waals surface area (Å²) in [6.45, 7) is 1.82. The fraction of sp³-hybridized carbons (Fsp3) is 0.556. The van der Waals surface area contributed by atoms with Gasteiger partial charge < -0.3 is 9.94 Å². The molecule has 1 atom stereocenters. The Labute approximate surface area is 75.9 Å². The van der Waals surface area contributed by atoms with Gasteiger partial charge in [0.2, 0.25) is 5.90 Å². The summed E-state index contributed by atoms with van der Waals surface area (Å²) in [6.07, 6.45) is 2.21. The normalized spacial score (nSPS) is 30.7. The molecule has 0 aromatic rings. The van der Waals surface area contributed by atoms with Crippen LogP contribution in [0.1, 0.15) is 26.2 Å². The molecule has 0 fully saturated rings. The largest absolute Gasteiger partial charge is 0.443 e. The number of Topliss-reactive ketones (excluding diaryl/α,β-unsaturated/α-hetero) is 1. The minimum absolute atomic E-state index is 0.132. The lowest BCUT2D eigenvalue weighted by molar-refractivity contribution is -0.116. The third-order valence-corrected chi connectivity index (χ3v) is 2.54. The molecular weight excluding hydrogens is 170 g/mol. The Hall–Kier alpha value is -1.32. The number of allylic oxidation sites excluding steroid dienone is 1. The zero-order valence-corrected chi connectivity index (χ0v) is 7.41. The van der Waals surface area contributed by atoms with Crippen LogP contribution in [0.4, 0.5) is 0 Å². The van der Waals surface area contributed by atoms with Crippen molar-refractivity contribution in [3.8, 4) is 0 Å². The molecule has 0 radical (unpaired) electrons. The zero-order chi connectivity index (χ0) is 9.42. The van der Waals surface area contributed by atoms with Crippen molar-refractivity contribution < 1.29 is 14.7 Å². The number of oxime groups is 1. The maximum Gasteiger partial charge on any atom is 0.238 e. The summed E-state index contributed by atoms with van der Waals surface area (Å²) in [5, 5.41) is 11.6. The van der Waals surface area contributed by atoms with Gasteiger partial charge in [0.05, 0.1) is 5.92 Å². The average Bonchev–Trinajstić information content (AvgIpc) is 2.44. The van der Waals surface area contributed by atoms with Crippen LogP contribution in [-0.2, 0) is 9.53 Å². The van der Waals surface area contributed by atoms with E-state index in [1.165, 1.54) is 0 Å². The number of nitrogens with zero attached hydrogens (tertiary/aromatic N) is 1. The molecule has 1 aliphatic carbocycles. The Morgan fingerprint density at radius 2 is 2.31 bits per heavy atom. The molecule has 0 unspecified atom stereocenters. The van der Waals surface area contributed by atoms with Crippen molar-refractivity contribution >= 4 is 11.7 Å². The highest BCUT2D eigenvalue weighted by Gasteiger charge is 2.36. The van der Waals surface area contributed by atoms with Gasteiger partial charge in [0.1, 0.15) is 5.76 Å². The highest BCUT2D eigenvalue weighted by molar-refractivity contribution is 6.04. The third-order valence-electron chi connectivity index (χ3n) is 2.54. The van der Waals surface area contributed by atoms with E-state index in [1.54, 1.807) is 0 Å². The first-order valence-corrected chi connectivity index (χ1v) is 4.40. The Morgan fingerprint density at radius 1 is 1.54 bits per heavy atom. The molecule has 70 valence electrons. The maximum absolute atomic E-state index is 11.5. The molecule has 0 bridgehead atoms. The lowest BCUT2D eigenvalue weighted by Gasteiger charge is -2.11. The molecule has 1 N–H and O–H groups in total. The number of carbonyl (C=O) groups is 1. The highest BCUT2D eigenvalue weighted by atomic mass is 16.5. The van der Waals surface area contributed by atoms with Crippen LogP contribution in [0.5, 0.6) is 0 Å². The van der Waals surface area contributed by atoms with Gasteiger partial charge in [0.25, 0.3) is 0 Å². The van der Waals surface area contributed by atoms with Gasteiger partial charge in [-0.05, 0) is 13.3 Å². The summed E-state index contributed by atoms with van der Waals surface area (Å²) in [5.41, 5.74) is 0.707. The van der Waals surface area contributed by atoms with Gasteiger partial charge in [0.15, 0.2) is 5.78 Å². The van der Waals surface area contributed by atoms with Crippen molar-refractivity contribution in [1.29, 1.82) is 0 Å². The van der Waals surface area contributed by atoms with Gasteiger partial charge in [-0.1, -0.05) is 5.16 Å². The van der Waals surface area contributed by atoms with Gasteiger partial charge in [-0.15, -0.1) is 0 Å². The predicted octanol–water partition coefficient (Wildman–Crippen LogP) is 1.45. The van der Waals surface area contributed by atoms with E-state index >= 15 is 0 Å². The zero-order valence-electron chi connectivity index (χ0n) is 7.41. The van der Waals surface area contributed by atoms with E-state index in [0.29, 0.717) is 17.8 Å². The van der Waals surface area contributed by atoms with Crippen LogP contribution in [0.25, 0.3) is 0 Å². The molecule has 4 nitrogen and oxygen atoms in total. The molecule has 2 rings (SSSR count). The van der Waals surface area contributed by atoms with Gasteiger partial charge in [-0.25, -0.2) is 0 Å². The summed E-state index contributed by atoms with van der Waals surface area (Å²) in [5.74, 6) is 0.914. The van der Waals surface area contributed by atoms with Crippen molar-refractivity contribution in [2.24, 2.45) is 11.1 Å². The number of rotatable bonds is 0. The molecular formula is C9H11NO3. The smallest absolute Gasteiger partial charge is 0.238 e. The lowest BCUT2D eigenvalue weighted by Crippen LogP contribution is -2.15. The SMILES string of the molecule is C[C@H]1C2=C(CCCC2=O)O/C1=N\O. The van der Waals surface area contributed by atoms with E-state index < -0.39 is 0 Å². The summed E-state index contributed by atoms with van der Waals surface area (Å²) in [4.78, 5) is 11.5. The van der Waals surface area contributed by atoms with E-state index in [-0.39, 0.29) is 17.6 Å². The second-order valence-corrected chi connectivity index (χ2v) is 3.38. The van der Waals surface area contributed by atoms with Crippen molar-refractivity contribution in [3.63, 3.8) is 0 Å². The van der Waals surface area contributed by atoms with Crippen molar-refractivity contribution in [2.75, 3.05) is 0 Å². The predicted molar refractivity (Wildman–Crippen MR) is 45.4 cm³/mol. The van der Waals surface area contributed by atoms with E-state index in [1.807, 2.05) is 6.92 Å². The first-order valence-electron chi connectivity index (χ1n) is 4.40. The average molecular weight is 181 g/mol. The maximum atomic E-state index is 11.5. The lowest BCUT2D eigenvalue weighted by atomic mass is 9.90. The molecule has 0 aromatic carbocycles. The Morgan fingerprint density at radius 3 is 2.92 bits per heavy atom.